The number of carbonyl (C=O) groups excluding carboxylic acids is 1. The van der Waals surface area contributed by atoms with Crippen molar-refractivity contribution in [3.05, 3.63) is 0 Å². The topological polar surface area (TPSA) is 63.6 Å². The number of ketones is 1. The second kappa shape index (κ2) is 3.91. The van der Waals surface area contributed by atoms with Gasteiger partial charge in [0.15, 0.2) is 8.32 Å². The highest BCUT2D eigenvalue weighted by atomic mass is 28.4. The number of Topliss-reactive ketones (excluding diaryl/α,β-unsaturated/α-hetero) is 1. The lowest BCUT2D eigenvalue weighted by atomic mass is 9.97. The van der Waals surface area contributed by atoms with E-state index in [1.807, 2.05) is 6.92 Å². The summed E-state index contributed by atoms with van der Waals surface area (Å²) in [4.78, 5) is 23.6. The maximum Gasteiger partial charge on any atom is 0.313 e. The smallest absolute Gasteiger partial charge is 0.313 e. The van der Waals surface area contributed by atoms with Gasteiger partial charge < -0.3 is 9.53 Å². The van der Waals surface area contributed by atoms with Gasteiger partial charge in [0.25, 0.3) is 0 Å². The van der Waals surface area contributed by atoms with E-state index in [1.54, 1.807) is 0 Å². The Bertz CT molecular complexity index is 437. The van der Waals surface area contributed by atoms with Crippen LogP contribution in [0.4, 0.5) is 0 Å². The molecule has 0 aromatic rings. The van der Waals surface area contributed by atoms with Crippen LogP contribution in [0, 0.1) is 17.3 Å². The molecular formula is C14H24O4Si. The molecule has 0 bridgehead atoms. The molecule has 2 aliphatic rings. The van der Waals surface area contributed by atoms with Crippen molar-refractivity contribution in [3.8, 4) is 0 Å². The zero-order valence-electron chi connectivity index (χ0n) is 12.6. The molecule has 0 saturated heterocycles. The third kappa shape index (κ3) is 1.81. The van der Waals surface area contributed by atoms with Crippen LogP contribution < -0.4 is 0 Å². The van der Waals surface area contributed by atoms with Crippen molar-refractivity contribution in [2.24, 2.45) is 17.3 Å². The fraction of sp³-hybridized carbons (Fsp3) is 0.857. The van der Waals surface area contributed by atoms with E-state index in [9.17, 15) is 14.7 Å². The van der Waals surface area contributed by atoms with Gasteiger partial charge in [-0.3, -0.25) is 9.59 Å². The summed E-state index contributed by atoms with van der Waals surface area (Å²) in [6, 6.07) is 0. The molecule has 19 heavy (non-hydrogen) atoms. The fourth-order valence-corrected chi connectivity index (χ4v) is 4.58. The van der Waals surface area contributed by atoms with Gasteiger partial charge in [0.1, 0.15) is 11.2 Å². The Kier molecular flexibility index (Phi) is 3.03. The number of carboxylic acids is 1. The van der Waals surface area contributed by atoms with Gasteiger partial charge in [0, 0.05) is 12.3 Å². The molecule has 4 atom stereocenters. The van der Waals surface area contributed by atoms with E-state index in [0.29, 0.717) is 0 Å². The number of hydrogen-bond acceptors (Lipinski definition) is 3. The van der Waals surface area contributed by atoms with Gasteiger partial charge in [-0.15, -0.1) is 0 Å². The Hall–Kier alpha value is -0.683. The molecule has 0 amide bonds. The first-order valence-corrected chi connectivity index (χ1v) is 9.81. The summed E-state index contributed by atoms with van der Waals surface area (Å²) in [6.45, 7) is 12.4. The number of fused-ring (bicyclic) bond motifs is 1. The van der Waals surface area contributed by atoms with Crippen LogP contribution in [0.1, 0.15) is 34.1 Å². The molecule has 0 aromatic carbocycles. The van der Waals surface area contributed by atoms with Crippen LogP contribution >= 0.6 is 0 Å². The zero-order chi connectivity index (χ0) is 14.8. The van der Waals surface area contributed by atoms with E-state index in [4.69, 9.17) is 4.43 Å². The van der Waals surface area contributed by atoms with Crippen LogP contribution in [0.25, 0.3) is 0 Å². The van der Waals surface area contributed by atoms with Crippen LogP contribution in [-0.4, -0.2) is 31.3 Å². The van der Waals surface area contributed by atoms with Crippen molar-refractivity contribution < 1.29 is 19.1 Å². The van der Waals surface area contributed by atoms with Crippen molar-refractivity contribution in [3.63, 3.8) is 0 Å². The zero-order valence-corrected chi connectivity index (χ0v) is 13.6. The predicted octanol–water partition coefficient (Wildman–Crippen LogP) is 2.69. The number of aliphatic carboxylic acids is 1. The first-order chi connectivity index (χ1) is 8.46. The van der Waals surface area contributed by atoms with Crippen LogP contribution in [0.2, 0.25) is 18.1 Å². The lowest BCUT2D eigenvalue weighted by molar-refractivity contribution is -0.148. The summed E-state index contributed by atoms with van der Waals surface area (Å²) in [5.74, 6) is -1.20. The van der Waals surface area contributed by atoms with Gasteiger partial charge in [-0.25, -0.2) is 0 Å². The van der Waals surface area contributed by atoms with Crippen LogP contribution in [-0.2, 0) is 14.0 Å². The second-order valence-corrected chi connectivity index (χ2v) is 12.3. The maximum atomic E-state index is 12.0. The van der Waals surface area contributed by atoms with E-state index in [-0.39, 0.29) is 29.1 Å². The Labute approximate surface area is 115 Å². The number of hydrogen-bond donors (Lipinski definition) is 1. The summed E-state index contributed by atoms with van der Waals surface area (Å²) in [5, 5.41) is 9.58. The molecule has 108 valence electrons. The van der Waals surface area contributed by atoms with Crippen molar-refractivity contribution >= 4 is 20.1 Å². The number of carboxylic acid groups (broad SMARTS) is 1. The molecule has 4 nitrogen and oxygen atoms in total. The molecule has 0 aliphatic heterocycles. The van der Waals surface area contributed by atoms with E-state index in [1.165, 1.54) is 0 Å². The van der Waals surface area contributed by atoms with E-state index < -0.39 is 25.8 Å². The molecular weight excluding hydrogens is 260 g/mol. The molecule has 2 fully saturated rings. The van der Waals surface area contributed by atoms with Gasteiger partial charge in [0.2, 0.25) is 0 Å². The van der Waals surface area contributed by atoms with Gasteiger partial charge in [-0.1, -0.05) is 27.7 Å². The lowest BCUT2D eigenvalue weighted by Crippen LogP contribution is -2.47. The summed E-state index contributed by atoms with van der Waals surface area (Å²) in [6.07, 6.45) is -0.160. The van der Waals surface area contributed by atoms with Crippen LogP contribution in [0.3, 0.4) is 0 Å². The normalized spacial score (nSPS) is 38.2. The maximum absolute atomic E-state index is 12.0. The predicted molar refractivity (Wildman–Crippen MR) is 74.4 cm³/mol. The van der Waals surface area contributed by atoms with E-state index in [2.05, 4.69) is 33.9 Å². The SMILES string of the molecule is C[C@@H]1[C@H]2C(=O)C[C@@H](O[Si](C)(C)C(C)(C)C)[C@]12C(=O)O. The monoisotopic (exact) mass is 284 g/mol. The Morgan fingerprint density at radius 1 is 1.42 bits per heavy atom. The average molecular weight is 284 g/mol. The van der Waals surface area contributed by atoms with Crippen LogP contribution in [0.15, 0.2) is 0 Å². The van der Waals surface area contributed by atoms with Crippen molar-refractivity contribution in [1.29, 1.82) is 0 Å². The minimum atomic E-state index is -2.05. The molecule has 2 aliphatic carbocycles. The second-order valence-electron chi connectivity index (χ2n) is 7.54. The van der Waals surface area contributed by atoms with Gasteiger partial charge in [-0.05, 0) is 24.1 Å². The quantitative estimate of drug-likeness (QED) is 0.809. The summed E-state index contributed by atoms with van der Waals surface area (Å²) >= 11 is 0. The minimum Gasteiger partial charge on any atom is -0.481 e. The molecule has 5 heteroatoms. The highest BCUT2D eigenvalue weighted by Crippen LogP contribution is 2.68. The van der Waals surface area contributed by atoms with E-state index in [0.717, 1.165) is 0 Å². The molecule has 0 unspecified atom stereocenters. The summed E-state index contributed by atoms with van der Waals surface area (Å²) in [5.41, 5.74) is -0.938. The molecule has 0 heterocycles. The molecule has 2 saturated carbocycles. The summed E-state index contributed by atoms with van der Waals surface area (Å²) < 4.78 is 6.26. The fourth-order valence-electron chi connectivity index (χ4n) is 3.24. The largest absolute Gasteiger partial charge is 0.481 e. The summed E-state index contributed by atoms with van der Waals surface area (Å²) in [7, 11) is -2.05. The highest BCUT2D eigenvalue weighted by Gasteiger charge is 2.79. The molecule has 0 aromatic heterocycles. The molecule has 0 spiro atoms. The highest BCUT2D eigenvalue weighted by molar-refractivity contribution is 6.74. The Morgan fingerprint density at radius 2 is 1.95 bits per heavy atom. The van der Waals surface area contributed by atoms with Gasteiger partial charge >= 0.3 is 5.97 Å². The lowest BCUT2D eigenvalue weighted by Gasteiger charge is -2.40. The standard InChI is InChI=1S/C14H24O4Si/c1-8-11-9(15)7-10(14(8,11)12(16)17)18-19(5,6)13(2,3)4/h8,10-11H,7H2,1-6H3,(H,16,17)/t8-,10-,11+,14-/m1/s1. The number of rotatable bonds is 3. The first kappa shape index (κ1) is 14.7. The first-order valence-electron chi connectivity index (χ1n) is 6.90. The third-order valence-electron chi connectivity index (χ3n) is 5.54. The van der Waals surface area contributed by atoms with Gasteiger partial charge in [0.05, 0.1) is 6.10 Å². The third-order valence-corrected chi connectivity index (χ3v) is 10.0. The van der Waals surface area contributed by atoms with Crippen molar-refractivity contribution in [2.75, 3.05) is 0 Å². The minimum absolute atomic E-state index is 0.0198. The average Bonchev–Trinajstić information content (AvgIpc) is 2.70. The Balaban J connectivity index is 2.27. The molecule has 0 radical (unpaired) electrons. The molecule has 2 rings (SSSR count). The van der Waals surface area contributed by atoms with Crippen LogP contribution in [0.5, 0.6) is 0 Å². The number of carbonyl (C=O) groups is 2. The molecule has 1 N–H and O–H groups in total. The van der Waals surface area contributed by atoms with Crippen molar-refractivity contribution in [2.45, 2.75) is 58.4 Å². The van der Waals surface area contributed by atoms with E-state index >= 15 is 0 Å². The Morgan fingerprint density at radius 3 is 2.32 bits per heavy atom. The van der Waals surface area contributed by atoms with Gasteiger partial charge in [-0.2, -0.15) is 0 Å². The van der Waals surface area contributed by atoms with Crippen molar-refractivity contribution in [1.82, 2.24) is 0 Å².